The van der Waals surface area contributed by atoms with E-state index < -0.39 is 5.60 Å². The third-order valence-electron chi connectivity index (χ3n) is 9.56. The molecule has 1 aliphatic carbocycles. The molecule has 2 aliphatic heterocycles. The van der Waals surface area contributed by atoms with E-state index in [0.717, 1.165) is 66.1 Å². The third kappa shape index (κ3) is 6.18. The van der Waals surface area contributed by atoms with Crippen LogP contribution in [0.1, 0.15) is 76.5 Å². The number of nitrogens with one attached hydrogen (secondary N) is 1. The lowest BCUT2D eigenvalue weighted by Crippen LogP contribution is -2.52. The van der Waals surface area contributed by atoms with Gasteiger partial charge in [-0.3, -0.25) is 4.79 Å². The van der Waals surface area contributed by atoms with Crippen molar-refractivity contribution >= 4 is 34.5 Å². The summed E-state index contributed by atoms with van der Waals surface area (Å²) >= 11 is 7.13. The maximum Gasteiger partial charge on any atom is 0.410 e. The highest BCUT2D eigenvalue weighted by molar-refractivity contribution is 6.36. The molecular weight excluding hydrogens is 576 g/mol. The van der Waals surface area contributed by atoms with E-state index in [1.54, 1.807) is 4.90 Å². The molecule has 0 radical (unpaired) electrons. The second-order valence-electron chi connectivity index (χ2n) is 13.7. The number of ether oxygens (including phenoxy) is 2. The van der Waals surface area contributed by atoms with E-state index in [1.807, 2.05) is 51.1 Å². The number of fused-ring (bicyclic) bond motifs is 1. The Morgan fingerprint density at radius 2 is 1.86 bits per heavy atom. The maximum atomic E-state index is 13.2. The summed E-state index contributed by atoms with van der Waals surface area (Å²) in [6.07, 6.45) is 7.23. The van der Waals surface area contributed by atoms with Crippen molar-refractivity contribution in [3.8, 4) is 17.2 Å². The van der Waals surface area contributed by atoms with E-state index in [1.165, 1.54) is 0 Å². The molecule has 44 heavy (non-hydrogen) atoms. The zero-order chi connectivity index (χ0) is 31.1. The number of nitriles is 1. The van der Waals surface area contributed by atoms with Crippen molar-refractivity contribution in [1.82, 2.24) is 14.8 Å². The highest BCUT2D eigenvalue weighted by Gasteiger charge is 2.49. The minimum atomic E-state index is -0.500. The first-order chi connectivity index (χ1) is 21.1. The number of hydrogen-bond acceptors (Lipinski definition) is 5. The number of piperidine rings is 1. The standard InChI is InChI=1S/C35H41ClN4O4/c1-34(2,3)44-33(42)39-13-11-35(12-14-39)18-26(19-35)32(41)38-21-25-7-8-28-29(24-6-4-5-23(17-24)20-37)22-40(31(28)30(25)36)27-9-15-43-16-10-27/h4-8,17,22,26-27H,9-16,18-19,21H2,1-3H3,(H,38,41). The minimum absolute atomic E-state index is 0.0179. The van der Waals surface area contributed by atoms with Gasteiger partial charge in [-0.05, 0) is 88.0 Å². The van der Waals surface area contributed by atoms with E-state index in [9.17, 15) is 14.9 Å². The molecule has 3 fully saturated rings. The summed E-state index contributed by atoms with van der Waals surface area (Å²) in [6.45, 7) is 8.78. The van der Waals surface area contributed by atoms with Crippen LogP contribution in [0.5, 0.6) is 0 Å². The number of amides is 2. The summed E-state index contributed by atoms with van der Waals surface area (Å²) in [5.41, 5.74) is 4.12. The van der Waals surface area contributed by atoms with E-state index in [-0.39, 0.29) is 29.4 Å². The van der Waals surface area contributed by atoms with Gasteiger partial charge >= 0.3 is 6.09 Å². The highest BCUT2D eigenvalue weighted by Crippen LogP contribution is 2.52. The molecule has 0 atom stereocenters. The summed E-state index contributed by atoms with van der Waals surface area (Å²) < 4.78 is 13.4. The Balaban J connectivity index is 1.14. The first-order valence-electron chi connectivity index (χ1n) is 15.7. The molecule has 1 saturated carbocycles. The largest absolute Gasteiger partial charge is 0.444 e. The molecule has 232 valence electrons. The van der Waals surface area contributed by atoms with Crippen LogP contribution in [0.4, 0.5) is 4.79 Å². The Bertz CT molecular complexity index is 1600. The van der Waals surface area contributed by atoms with Crippen molar-refractivity contribution in [2.45, 2.75) is 77.5 Å². The molecule has 1 spiro atoms. The SMILES string of the molecule is CC(C)(C)OC(=O)N1CCC2(CC1)CC(C(=O)NCc1ccc3c(-c4cccc(C#N)c4)cn(C4CCOCC4)c3c1Cl)C2. The molecule has 9 heteroatoms. The van der Waals surface area contributed by atoms with E-state index in [2.05, 4.69) is 28.2 Å². The molecule has 1 N–H and O–H groups in total. The van der Waals surface area contributed by atoms with Gasteiger partial charge in [0.05, 0.1) is 22.2 Å². The van der Waals surface area contributed by atoms with E-state index >= 15 is 0 Å². The second-order valence-corrected chi connectivity index (χ2v) is 14.1. The van der Waals surface area contributed by atoms with Gasteiger partial charge in [-0.15, -0.1) is 0 Å². The van der Waals surface area contributed by atoms with Crippen LogP contribution < -0.4 is 5.32 Å². The predicted molar refractivity (Wildman–Crippen MR) is 170 cm³/mol. The van der Waals surface area contributed by atoms with Crippen LogP contribution in [0.25, 0.3) is 22.0 Å². The molecule has 2 saturated heterocycles. The molecule has 8 nitrogen and oxygen atoms in total. The lowest BCUT2D eigenvalue weighted by molar-refractivity contribution is -0.135. The summed E-state index contributed by atoms with van der Waals surface area (Å²) in [6, 6.07) is 14.3. The van der Waals surface area contributed by atoms with Gasteiger partial charge in [0, 0.05) is 62.0 Å². The zero-order valence-corrected chi connectivity index (χ0v) is 26.6. The van der Waals surface area contributed by atoms with Crippen LogP contribution in [0.15, 0.2) is 42.6 Å². The molecular formula is C35H41ClN4O4. The molecule has 3 aromatic rings. The van der Waals surface area contributed by atoms with Gasteiger partial charge in [0.25, 0.3) is 0 Å². The lowest BCUT2D eigenvalue weighted by Gasteiger charge is -2.51. The molecule has 3 aliphatic rings. The fraction of sp³-hybridized carbons (Fsp3) is 0.514. The zero-order valence-electron chi connectivity index (χ0n) is 25.8. The Kier molecular flexibility index (Phi) is 8.38. The molecule has 2 aromatic carbocycles. The van der Waals surface area contributed by atoms with Gasteiger partial charge in [-0.1, -0.05) is 35.9 Å². The van der Waals surface area contributed by atoms with Crippen molar-refractivity contribution < 1.29 is 19.1 Å². The molecule has 2 amide bonds. The van der Waals surface area contributed by atoms with Crippen molar-refractivity contribution in [2.75, 3.05) is 26.3 Å². The number of carbonyl (C=O) groups excluding carboxylic acids is 2. The van der Waals surface area contributed by atoms with Crippen molar-refractivity contribution in [3.05, 3.63) is 58.7 Å². The van der Waals surface area contributed by atoms with Crippen LogP contribution in [0, 0.1) is 22.7 Å². The van der Waals surface area contributed by atoms with Gasteiger partial charge in [0.1, 0.15) is 5.60 Å². The minimum Gasteiger partial charge on any atom is -0.444 e. The topological polar surface area (TPSA) is 96.6 Å². The normalized spacial score (nSPS) is 19.0. The second kappa shape index (κ2) is 12.1. The Morgan fingerprint density at radius 1 is 1.14 bits per heavy atom. The van der Waals surface area contributed by atoms with Crippen LogP contribution >= 0.6 is 11.6 Å². The van der Waals surface area contributed by atoms with Gasteiger partial charge in [-0.2, -0.15) is 5.26 Å². The number of hydrogen-bond donors (Lipinski definition) is 1. The summed E-state index contributed by atoms with van der Waals surface area (Å²) in [7, 11) is 0. The molecule has 0 unspecified atom stereocenters. The quantitative estimate of drug-likeness (QED) is 0.326. The van der Waals surface area contributed by atoms with Gasteiger partial charge in [0.2, 0.25) is 5.91 Å². The summed E-state index contributed by atoms with van der Waals surface area (Å²) in [5, 5.41) is 14.3. The fourth-order valence-corrected chi connectivity index (χ4v) is 7.45. The Morgan fingerprint density at radius 3 is 2.55 bits per heavy atom. The van der Waals surface area contributed by atoms with Crippen LogP contribution in [0.2, 0.25) is 5.02 Å². The number of benzene rings is 2. The van der Waals surface area contributed by atoms with E-state index in [0.29, 0.717) is 43.4 Å². The Labute approximate surface area is 264 Å². The number of rotatable bonds is 5. The summed E-state index contributed by atoms with van der Waals surface area (Å²) in [4.78, 5) is 27.5. The number of carbonyl (C=O) groups is 2. The number of likely N-dealkylation sites (tertiary alicyclic amines) is 1. The first kappa shape index (κ1) is 30.5. The third-order valence-corrected chi connectivity index (χ3v) is 9.98. The maximum absolute atomic E-state index is 13.2. The number of aromatic nitrogens is 1. The molecule has 0 bridgehead atoms. The first-order valence-corrected chi connectivity index (χ1v) is 16.1. The van der Waals surface area contributed by atoms with E-state index in [4.69, 9.17) is 21.1 Å². The van der Waals surface area contributed by atoms with Gasteiger partial charge in [0.15, 0.2) is 0 Å². The van der Waals surface area contributed by atoms with Gasteiger partial charge < -0.3 is 24.3 Å². The smallest absolute Gasteiger partial charge is 0.410 e. The van der Waals surface area contributed by atoms with Crippen LogP contribution in [0.3, 0.4) is 0 Å². The Hall–Kier alpha value is -3.54. The average Bonchev–Trinajstić information content (AvgIpc) is 3.39. The molecule has 6 rings (SSSR count). The lowest BCUT2D eigenvalue weighted by atomic mass is 9.57. The van der Waals surface area contributed by atoms with Crippen LogP contribution in [-0.2, 0) is 20.8 Å². The predicted octanol–water partition coefficient (Wildman–Crippen LogP) is 7.23. The number of halogens is 1. The van der Waals surface area contributed by atoms with Crippen LogP contribution in [-0.4, -0.2) is 53.4 Å². The van der Waals surface area contributed by atoms with Gasteiger partial charge in [-0.25, -0.2) is 4.79 Å². The average molecular weight is 617 g/mol. The monoisotopic (exact) mass is 616 g/mol. The number of nitrogens with zero attached hydrogens (tertiary/aromatic N) is 3. The molecule has 3 heterocycles. The summed E-state index contributed by atoms with van der Waals surface area (Å²) in [5.74, 6) is 0.0471. The van der Waals surface area contributed by atoms with Crippen molar-refractivity contribution in [1.29, 1.82) is 5.26 Å². The highest BCUT2D eigenvalue weighted by atomic mass is 35.5. The van der Waals surface area contributed by atoms with Crippen molar-refractivity contribution in [3.63, 3.8) is 0 Å². The fourth-order valence-electron chi connectivity index (χ4n) is 7.12. The molecule has 1 aromatic heterocycles. The van der Waals surface area contributed by atoms with Crippen molar-refractivity contribution in [2.24, 2.45) is 11.3 Å².